The number of benzene rings is 2. The zero-order valence-electron chi connectivity index (χ0n) is 38.2. The predicted molar refractivity (Wildman–Crippen MR) is 241 cm³/mol. The number of hydrogen-bond acceptors (Lipinski definition) is 12. The minimum atomic E-state index is -5.08. The van der Waals surface area contributed by atoms with Crippen LogP contribution in [-0.4, -0.2) is 193 Å². The second kappa shape index (κ2) is 20.2. The highest BCUT2D eigenvalue weighted by molar-refractivity contribution is 5.87. The van der Waals surface area contributed by atoms with E-state index in [1.807, 2.05) is 9.80 Å². The quantitative estimate of drug-likeness (QED) is 0.120. The number of fused-ring (bicyclic) bond motifs is 4. The first-order valence-electron chi connectivity index (χ1n) is 23.8. The SMILES string of the molecule is O=C(O)C(F)(F)F.O=C(O)CN1CCN(CCCCCCn2c3c(c4ccccc42)C[C@@]2(O)[C@@H]4Cc5ccc(O)c6c5[C@@]2(CCN4CC2CC2)[C@H]3O6)CCN(CC(=O)O)CCN(CC(=O)O)CC1. The summed E-state index contributed by atoms with van der Waals surface area (Å²) < 4.78 is 41.2. The highest BCUT2D eigenvalue weighted by Crippen LogP contribution is 2.69. The van der Waals surface area contributed by atoms with Gasteiger partial charge in [-0.15, -0.1) is 0 Å². The average Bonchev–Trinajstić information content (AvgIpc) is 3.94. The van der Waals surface area contributed by atoms with Gasteiger partial charge in [0.1, 0.15) is 0 Å². The van der Waals surface area contributed by atoms with Crippen LogP contribution in [0.15, 0.2) is 36.4 Å². The zero-order chi connectivity index (χ0) is 48.5. The highest BCUT2D eigenvalue weighted by atomic mass is 19.4. The molecule has 3 aliphatic carbocycles. The molecule has 4 heterocycles. The molecule has 1 saturated carbocycles. The largest absolute Gasteiger partial charge is 0.504 e. The number of phenols is 1. The van der Waals surface area contributed by atoms with Gasteiger partial charge >= 0.3 is 30.1 Å². The molecule has 372 valence electrons. The van der Waals surface area contributed by atoms with Crippen LogP contribution in [-0.2, 0) is 44.0 Å². The minimum absolute atomic E-state index is 0.0165. The van der Waals surface area contributed by atoms with Gasteiger partial charge in [-0.3, -0.25) is 34.0 Å². The highest BCUT2D eigenvalue weighted by Gasteiger charge is 2.73. The van der Waals surface area contributed by atoms with Crippen LogP contribution in [0.4, 0.5) is 13.2 Å². The number of likely N-dealkylation sites (tertiary alicyclic amines) is 1. The topological polar surface area (TPSA) is 220 Å². The number of rotatable bonds is 15. The van der Waals surface area contributed by atoms with E-state index in [4.69, 9.17) is 14.6 Å². The third-order valence-electron chi connectivity index (χ3n) is 15.2. The number of nitrogens with zero attached hydrogens (tertiary/aromatic N) is 6. The molecule has 1 spiro atoms. The Bertz CT molecular complexity index is 2330. The van der Waals surface area contributed by atoms with Gasteiger partial charge in [-0.2, -0.15) is 13.2 Å². The van der Waals surface area contributed by atoms with Crippen LogP contribution in [0.1, 0.15) is 73.4 Å². The summed E-state index contributed by atoms with van der Waals surface area (Å²) in [5, 5.41) is 61.6. The van der Waals surface area contributed by atoms with Crippen LogP contribution in [0.5, 0.6) is 11.5 Å². The number of carbonyl (C=O) groups is 4. The van der Waals surface area contributed by atoms with Crippen LogP contribution in [0.3, 0.4) is 0 Å². The third-order valence-corrected chi connectivity index (χ3v) is 15.2. The van der Waals surface area contributed by atoms with E-state index in [1.54, 1.807) is 11.0 Å². The minimum Gasteiger partial charge on any atom is -0.504 e. The van der Waals surface area contributed by atoms with Crippen molar-refractivity contribution < 1.29 is 67.7 Å². The number of carboxylic acid groups (broad SMARTS) is 4. The summed E-state index contributed by atoms with van der Waals surface area (Å²) in [6.07, 6.45) is 3.00. The molecule has 68 heavy (non-hydrogen) atoms. The van der Waals surface area contributed by atoms with Crippen molar-refractivity contribution in [2.24, 2.45) is 5.92 Å². The predicted octanol–water partition coefficient (Wildman–Crippen LogP) is 3.72. The Balaban J connectivity index is 0.000000830. The number of piperidine rings is 1. The first-order chi connectivity index (χ1) is 32.4. The Kier molecular flexibility index (Phi) is 14.7. The molecule has 4 atom stereocenters. The molecule has 3 fully saturated rings. The Morgan fingerprint density at radius 1 is 0.721 bits per heavy atom. The molecule has 9 rings (SSSR count). The van der Waals surface area contributed by atoms with Gasteiger partial charge in [-0.1, -0.05) is 37.1 Å². The van der Waals surface area contributed by atoms with Crippen LogP contribution < -0.4 is 4.74 Å². The van der Waals surface area contributed by atoms with Crippen LogP contribution >= 0.6 is 0 Å². The number of hydrogen-bond donors (Lipinski definition) is 6. The number of halogens is 3. The molecular weight excluding hydrogens is 894 g/mol. The van der Waals surface area contributed by atoms with Crippen molar-refractivity contribution in [3.8, 4) is 11.5 Å². The molecular formula is C48H63F3N6O11. The summed E-state index contributed by atoms with van der Waals surface area (Å²) in [5.74, 6) is -4.16. The van der Waals surface area contributed by atoms with Gasteiger partial charge in [0.05, 0.1) is 36.3 Å². The monoisotopic (exact) mass is 956 g/mol. The first kappa shape index (κ1) is 49.4. The lowest BCUT2D eigenvalue weighted by Gasteiger charge is -2.63. The van der Waals surface area contributed by atoms with E-state index in [0.29, 0.717) is 70.4 Å². The maximum Gasteiger partial charge on any atom is 0.490 e. The van der Waals surface area contributed by atoms with Crippen LogP contribution in [0, 0.1) is 5.92 Å². The van der Waals surface area contributed by atoms with E-state index in [-0.39, 0.29) is 31.4 Å². The Hall–Kier alpha value is -4.99. The summed E-state index contributed by atoms with van der Waals surface area (Å²) in [6, 6.07) is 12.4. The number of alkyl halides is 3. The number of aliphatic carboxylic acids is 4. The van der Waals surface area contributed by atoms with E-state index < -0.39 is 47.2 Å². The van der Waals surface area contributed by atoms with E-state index >= 15 is 0 Å². The number of para-hydroxylation sites is 1. The van der Waals surface area contributed by atoms with Gasteiger partial charge < -0.3 is 44.8 Å². The van der Waals surface area contributed by atoms with Crippen molar-refractivity contribution in [3.63, 3.8) is 0 Å². The number of aryl methyl sites for hydroxylation is 1. The molecule has 2 aromatic carbocycles. The van der Waals surface area contributed by atoms with Gasteiger partial charge in [-0.25, -0.2) is 4.79 Å². The van der Waals surface area contributed by atoms with E-state index in [1.165, 1.54) is 29.4 Å². The Morgan fingerprint density at radius 3 is 1.81 bits per heavy atom. The molecule has 0 unspecified atom stereocenters. The van der Waals surface area contributed by atoms with Crippen LogP contribution in [0.25, 0.3) is 10.9 Å². The van der Waals surface area contributed by atoms with Crippen molar-refractivity contribution in [3.05, 3.63) is 58.8 Å². The number of aromatic nitrogens is 1. The number of carboxylic acids is 4. The smallest absolute Gasteiger partial charge is 0.490 e. The molecule has 6 aliphatic rings. The second-order valence-corrected chi connectivity index (χ2v) is 19.5. The molecule has 3 aromatic rings. The number of unbranched alkanes of at least 4 members (excludes halogenated alkanes) is 3. The summed E-state index contributed by atoms with van der Waals surface area (Å²) in [5.41, 5.74) is 4.03. The summed E-state index contributed by atoms with van der Waals surface area (Å²) in [6.45, 7) is 6.96. The summed E-state index contributed by atoms with van der Waals surface area (Å²) in [4.78, 5) is 54.3. The lowest BCUT2D eigenvalue weighted by Crippen LogP contribution is -2.74. The number of aliphatic hydroxyl groups is 1. The molecule has 17 nitrogen and oxygen atoms in total. The van der Waals surface area contributed by atoms with Crippen molar-refractivity contribution in [2.45, 2.75) is 93.7 Å². The van der Waals surface area contributed by atoms with Crippen molar-refractivity contribution in [1.29, 1.82) is 0 Å². The summed E-state index contributed by atoms with van der Waals surface area (Å²) in [7, 11) is 0. The Labute approximate surface area is 392 Å². The fourth-order valence-corrected chi connectivity index (χ4v) is 11.9. The maximum absolute atomic E-state index is 13.3. The fraction of sp³-hybridized carbons (Fsp3) is 0.625. The standard InChI is InChI=1S/C46H62N6O9.C2HF3O2/c53-36-12-11-32-25-37-46(60)26-34-33-7-3-4-8-35(33)52(42(34)44-45(46,41(32)43(36)61-44)13-16-51(37)27-31-9-10-31)15-6-2-1-5-14-47-17-19-48(28-38(54)55)21-23-50(30-40(58)59)24-22-49(20-18-47)29-39(56)57;3-2(4,5)1(6)7/h3-4,7-8,11-12,31,37,44,53,60H,1-2,5-6,9-10,13-30H2,(H,54,55)(H,56,57)(H,58,59);(H,6,7)/t37-,44-,45-,46+;/m0./s1. The Morgan fingerprint density at radius 2 is 1.26 bits per heavy atom. The van der Waals surface area contributed by atoms with Crippen molar-refractivity contribution in [1.82, 2.24) is 29.1 Å². The molecule has 2 saturated heterocycles. The van der Waals surface area contributed by atoms with Crippen molar-refractivity contribution in [2.75, 3.05) is 91.6 Å². The molecule has 20 heteroatoms. The second-order valence-electron chi connectivity index (χ2n) is 19.5. The third kappa shape index (κ3) is 10.2. The molecule has 0 radical (unpaired) electrons. The van der Waals surface area contributed by atoms with E-state index in [0.717, 1.165) is 81.5 Å². The molecule has 3 aliphatic heterocycles. The van der Waals surface area contributed by atoms with E-state index in [9.17, 15) is 53.1 Å². The lowest BCUT2D eigenvalue weighted by atomic mass is 9.49. The van der Waals surface area contributed by atoms with Crippen LogP contribution in [0.2, 0.25) is 0 Å². The normalized spacial score (nSPS) is 25.8. The van der Waals surface area contributed by atoms with Gasteiger partial charge in [0.25, 0.3) is 0 Å². The number of phenolic OH excluding ortho intramolecular Hbond substituents is 1. The summed E-state index contributed by atoms with van der Waals surface area (Å²) >= 11 is 0. The van der Waals surface area contributed by atoms with Gasteiger partial charge in [-0.05, 0) is 80.8 Å². The zero-order valence-corrected chi connectivity index (χ0v) is 38.2. The molecule has 2 bridgehead atoms. The molecule has 0 amide bonds. The number of aromatic hydroxyl groups is 1. The van der Waals surface area contributed by atoms with Gasteiger partial charge in [0.15, 0.2) is 17.6 Å². The lowest BCUT2D eigenvalue weighted by molar-refractivity contribution is -0.192. The van der Waals surface area contributed by atoms with Crippen molar-refractivity contribution >= 4 is 34.8 Å². The molecule has 6 N–H and O–H groups in total. The molecule has 1 aromatic heterocycles. The van der Waals surface area contributed by atoms with E-state index in [2.05, 4.69) is 44.7 Å². The van der Waals surface area contributed by atoms with Gasteiger partial charge in [0, 0.05) is 94.4 Å². The fourth-order valence-electron chi connectivity index (χ4n) is 11.9. The number of ether oxygens (including phenoxy) is 1. The maximum atomic E-state index is 13.3. The average molecular weight is 957 g/mol. The first-order valence-corrected chi connectivity index (χ1v) is 23.8. The van der Waals surface area contributed by atoms with Gasteiger partial charge in [0.2, 0.25) is 0 Å².